The number of fused-ring (bicyclic) bond motifs is 1. The first kappa shape index (κ1) is 17.8. The van der Waals surface area contributed by atoms with Gasteiger partial charge in [-0.2, -0.15) is 0 Å². The predicted molar refractivity (Wildman–Crippen MR) is 112 cm³/mol. The molecule has 0 aliphatic carbocycles. The zero-order valence-electron chi connectivity index (χ0n) is 15.8. The van der Waals surface area contributed by atoms with Gasteiger partial charge in [0.05, 0.1) is 19.7 Å². The molecule has 0 atom stereocenters. The molecular formula is C23H21N3O2. The average molecular weight is 371 g/mol. The van der Waals surface area contributed by atoms with Crippen LogP contribution in [0, 0.1) is 0 Å². The molecule has 2 heterocycles. The summed E-state index contributed by atoms with van der Waals surface area (Å²) in [4.78, 5) is 12.5. The molecule has 5 heteroatoms. The van der Waals surface area contributed by atoms with Crippen LogP contribution in [0.4, 0.5) is 0 Å². The molecule has 0 aliphatic rings. The molecule has 28 heavy (non-hydrogen) atoms. The molecule has 0 aliphatic heterocycles. The van der Waals surface area contributed by atoms with Gasteiger partial charge in [0.2, 0.25) is 0 Å². The molecule has 0 spiro atoms. The molecule has 0 amide bonds. The molecule has 0 bridgehead atoms. The first-order valence-electron chi connectivity index (χ1n) is 9.04. The molecule has 5 nitrogen and oxygen atoms in total. The normalized spacial score (nSPS) is 11.2. The molecule has 0 fully saturated rings. The minimum Gasteiger partial charge on any atom is -0.493 e. The predicted octanol–water partition coefficient (Wildman–Crippen LogP) is 4.74. The summed E-state index contributed by atoms with van der Waals surface area (Å²) in [7, 11) is 3.27. The number of imidazole rings is 1. The Labute approximate surface area is 163 Å². The van der Waals surface area contributed by atoms with Crippen molar-refractivity contribution in [3.63, 3.8) is 0 Å². The van der Waals surface area contributed by atoms with E-state index in [4.69, 9.17) is 9.47 Å². The van der Waals surface area contributed by atoms with Crippen molar-refractivity contribution in [1.82, 2.24) is 15.0 Å². The number of nitrogens with one attached hydrogen (secondary N) is 1. The quantitative estimate of drug-likeness (QED) is 0.532. The fourth-order valence-corrected chi connectivity index (χ4v) is 3.08. The number of ether oxygens (including phenoxy) is 2. The molecule has 2 aromatic heterocycles. The summed E-state index contributed by atoms with van der Waals surface area (Å²) in [6.07, 6.45) is 6.62. The van der Waals surface area contributed by atoms with Gasteiger partial charge < -0.3 is 14.5 Å². The maximum absolute atomic E-state index is 5.38. The Hall–Kier alpha value is -3.60. The van der Waals surface area contributed by atoms with Crippen LogP contribution < -0.4 is 9.47 Å². The lowest BCUT2D eigenvalue weighted by Gasteiger charge is -2.08. The highest BCUT2D eigenvalue weighted by atomic mass is 16.5. The number of aromatic amines is 1. The van der Waals surface area contributed by atoms with Crippen LogP contribution in [0.25, 0.3) is 23.3 Å². The number of aromatic nitrogens is 3. The lowest BCUT2D eigenvalue weighted by molar-refractivity contribution is 0.354. The van der Waals surface area contributed by atoms with E-state index in [1.807, 2.05) is 42.6 Å². The van der Waals surface area contributed by atoms with Crippen molar-refractivity contribution in [2.45, 2.75) is 6.42 Å². The van der Waals surface area contributed by atoms with Crippen LogP contribution in [0.5, 0.6) is 11.5 Å². The van der Waals surface area contributed by atoms with E-state index in [1.54, 1.807) is 14.2 Å². The molecule has 0 saturated carbocycles. The van der Waals surface area contributed by atoms with Gasteiger partial charge in [0.15, 0.2) is 17.1 Å². The SMILES string of the molecule is COc1ccc(Cc2nc3ncc(C=Cc4ccccc4)cc3[nH]2)cc1OC. The molecule has 0 saturated heterocycles. The Morgan fingerprint density at radius 2 is 1.68 bits per heavy atom. The van der Waals surface area contributed by atoms with Crippen LogP contribution in [0.15, 0.2) is 60.8 Å². The van der Waals surface area contributed by atoms with E-state index in [-0.39, 0.29) is 0 Å². The van der Waals surface area contributed by atoms with Gasteiger partial charge in [-0.05, 0) is 34.9 Å². The number of hydrogen-bond donors (Lipinski definition) is 1. The number of nitrogens with zero attached hydrogens (tertiary/aromatic N) is 2. The molecule has 0 radical (unpaired) electrons. The topological polar surface area (TPSA) is 60.0 Å². The lowest BCUT2D eigenvalue weighted by atomic mass is 10.1. The van der Waals surface area contributed by atoms with Crippen molar-refractivity contribution in [3.05, 3.63) is 83.3 Å². The van der Waals surface area contributed by atoms with Crippen molar-refractivity contribution >= 4 is 23.3 Å². The van der Waals surface area contributed by atoms with Gasteiger partial charge in [0.1, 0.15) is 5.82 Å². The Balaban J connectivity index is 1.56. The Morgan fingerprint density at radius 1 is 0.893 bits per heavy atom. The monoisotopic (exact) mass is 371 g/mol. The Morgan fingerprint density at radius 3 is 2.46 bits per heavy atom. The highest BCUT2D eigenvalue weighted by Crippen LogP contribution is 2.28. The molecule has 4 aromatic rings. The van der Waals surface area contributed by atoms with Crippen molar-refractivity contribution in [1.29, 1.82) is 0 Å². The molecule has 140 valence electrons. The van der Waals surface area contributed by atoms with Crippen LogP contribution in [0.3, 0.4) is 0 Å². The molecular weight excluding hydrogens is 350 g/mol. The summed E-state index contributed by atoms with van der Waals surface area (Å²) in [6.45, 7) is 0. The largest absolute Gasteiger partial charge is 0.493 e. The van der Waals surface area contributed by atoms with E-state index in [1.165, 1.54) is 0 Å². The second-order valence-corrected chi connectivity index (χ2v) is 6.43. The highest BCUT2D eigenvalue weighted by molar-refractivity contribution is 5.77. The fraction of sp³-hybridized carbons (Fsp3) is 0.130. The van der Waals surface area contributed by atoms with E-state index in [0.29, 0.717) is 23.6 Å². The summed E-state index contributed by atoms with van der Waals surface area (Å²) in [5.74, 6) is 2.29. The fourth-order valence-electron chi connectivity index (χ4n) is 3.08. The Bertz CT molecular complexity index is 1120. The van der Waals surface area contributed by atoms with E-state index < -0.39 is 0 Å². The van der Waals surface area contributed by atoms with Crippen LogP contribution >= 0.6 is 0 Å². The van der Waals surface area contributed by atoms with Gasteiger partial charge in [-0.1, -0.05) is 48.6 Å². The van der Waals surface area contributed by atoms with Crippen LogP contribution in [0.1, 0.15) is 22.5 Å². The third-order valence-corrected chi connectivity index (χ3v) is 4.49. The third kappa shape index (κ3) is 3.88. The third-order valence-electron chi connectivity index (χ3n) is 4.49. The standard InChI is InChI=1S/C23H21N3O2/c1-27-20-11-10-17(13-21(20)28-2)14-22-25-19-12-18(15-24-23(19)26-22)9-8-16-6-4-3-5-7-16/h3-13,15H,14H2,1-2H3,(H,24,25,26). The van der Waals surface area contributed by atoms with Gasteiger partial charge in [-0.3, -0.25) is 0 Å². The molecule has 0 unspecified atom stereocenters. The van der Waals surface area contributed by atoms with Crippen LogP contribution in [-0.4, -0.2) is 29.2 Å². The summed E-state index contributed by atoms with van der Waals surface area (Å²) in [5, 5.41) is 0. The highest BCUT2D eigenvalue weighted by Gasteiger charge is 2.09. The maximum Gasteiger partial charge on any atom is 0.177 e. The summed E-state index contributed by atoms with van der Waals surface area (Å²) >= 11 is 0. The van der Waals surface area contributed by atoms with Gasteiger partial charge in [-0.25, -0.2) is 9.97 Å². The van der Waals surface area contributed by atoms with E-state index >= 15 is 0 Å². The first-order chi connectivity index (χ1) is 13.7. The van der Waals surface area contributed by atoms with Gasteiger partial charge in [0, 0.05) is 12.6 Å². The summed E-state index contributed by atoms with van der Waals surface area (Å²) in [6, 6.07) is 18.1. The molecule has 1 N–H and O–H groups in total. The van der Waals surface area contributed by atoms with Crippen molar-refractivity contribution in [3.8, 4) is 11.5 Å². The number of H-pyrrole nitrogens is 1. The van der Waals surface area contributed by atoms with Crippen molar-refractivity contribution < 1.29 is 9.47 Å². The van der Waals surface area contributed by atoms with E-state index in [2.05, 4.69) is 45.3 Å². The number of pyridine rings is 1. The van der Waals surface area contributed by atoms with E-state index in [9.17, 15) is 0 Å². The zero-order chi connectivity index (χ0) is 19.3. The van der Waals surface area contributed by atoms with Gasteiger partial charge in [0.25, 0.3) is 0 Å². The van der Waals surface area contributed by atoms with Crippen molar-refractivity contribution in [2.24, 2.45) is 0 Å². The molecule has 2 aromatic carbocycles. The number of methoxy groups -OCH3 is 2. The minimum absolute atomic E-state index is 0.659. The first-order valence-corrected chi connectivity index (χ1v) is 9.04. The lowest BCUT2D eigenvalue weighted by Crippen LogP contribution is -1.95. The number of rotatable bonds is 6. The van der Waals surface area contributed by atoms with Gasteiger partial charge in [-0.15, -0.1) is 0 Å². The van der Waals surface area contributed by atoms with Gasteiger partial charge >= 0.3 is 0 Å². The van der Waals surface area contributed by atoms with Crippen LogP contribution in [0.2, 0.25) is 0 Å². The van der Waals surface area contributed by atoms with Crippen LogP contribution in [-0.2, 0) is 6.42 Å². The van der Waals surface area contributed by atoms with E-state index in [0.717, 1.165) is 28.0 Å². The Kier molecular flexibility index (Phi) is 5.06. The zero-order valence-corrected chi connectivity index (χ0v) is 15.8. The second kappa shape index (κ2) is 7.96. The second-order valence-electron chi connectivity index (χ2n) is 6.43. The molecule has 4 rings (SSSR count). The summed E-state index contributed by atoms with van der Waals surface area (Å²) in [5.41, 5.74) is 4.90. The maximum atomic E-state index is 5.38. The average Bonchev–Trinajstić information content (AvgIpc) is 3.14. The smallest absolute Gasteiger partial charge is 0.177 e. The number of hydrogen-bond acceptors (Lipinski definition) is 4. The minimum atomic E-state index is 0.659. The number of benzene rings is 2. The summed E-state index contributed by atoms with van der Waals surface area (Å²) < 4.78 is 10.7. The van der Waals surface area contributed by atoms with Crippen molar-refractivity contribution in [2.75, 3.05) is 14.2 Å².